The summed E-state index contributed by atoms with van der Waals surface area (Å²) in [4.78, 5) is 12.4. The lowest BCUT2D eigenvalue weighted by Gasteiger charge is -2.05. The van der Waals surface area contributed by atoms with E-state index in [2.05, 4.69) is 10.2 Å². The van der Waals surface area contributed by atoms with E-state index in [9.17, 15) is 9.18 Å². The average Bonchev–Trinajstić information content (AvgIpc) is 2.77. The van der Waals surface area contributed by atoms with E-state index in [-0.39, 0.29) is 11.4 Å². The molecule has 2 heterocycles. The largest absolute Gasteiger partial charge is 0.292 e. The van der Waals surface area contributed by atoms with Gasteiger partial charge in [-0.15, -0.1) is 0 Å². The van der Waals surface area contributed by atoms with Crippen molar-refractivity contribution in [2.75, 3.05) is 0 Å². The number of fused-ring (bicyclic) bond motifs is 1. The van der Waals surface area contributed by atoms with Crippen molar-refractivity contribution in [2.45, 2.75) is 26.3 Å². The van der Waals surface area contributed by atoms with Crippen molar-refractivity contribution < 1.29 is 4.39 Å². The summed E-state index contributed by atoms with van der Waals surface area (Å²) >= 11 is 0. The van der Waals surface area contributed by atoms with Crippen LogP contribution in [0.1, 0.15) is 17.7 Å². The number of hydrogen-bond donors (Lipinski definition) is 0. The minimum atomic E-state index is -0.237. The molecule has 0 radical (unpaired) electrons. The molecule has 22 heavy (non-hydrogen) atoms. The highest BCUT2D eigenvalue weighted by atomic mass is 19.1. The lowest BCUT2D eigenvalue weighted by molar-refractivity contribution is 0.549. The Morgan fingerprint density at radius 3 is 2.91 bits per heavy atom. The first kappa shape index (κ1) is 14.4. The molecule has 0 unspecified atom stereocenters. The summed E-state index contributed by atoms with van der Waals surface area (Å²) in [6, 6.07) is 6.52. The van der Waals surface area contributed by atoms with Crippen LogP contribution in [0, 0.1) is 12.7 Å². The van der Waals surface area contributed by atoms with Crippen LogP contribution in [0.15, 0.2) is 35.3 Å². The zero-order valence-electron chi connectivity index (χ0n) is 12.6. The maximum absolute atomic E-state index is 13.1. The van der Waals surface area contributed by atoms with Crippen molar-refractivity contribution in [3.05, 3.63) is 57.9 Å². The third-order valence-corrected chi connectivity index (χ3v) is 3.76. The van der Waals surface area contributed by atoms with Gasteiger partial charge in [-0.1, -0.05) is 12.1 Å². The number of nitrogens with zero attached hydrogens (tertiary/aromatic N) is 4. The first-order valence-electron chi connectivity index (χ1n) is 7.20. The standard InChI is InChI=1S/C16H17FN4O/c1-11-14-10-18-21(16(22)15(14)20(2)19-11)8-4-6-12-5-3-7-13(17)9-12/h3,5,7,9-10H,4,6,8H2,1-2H3. The highest BCUT2D eigenvalue weighted by Gasteiger charge is 2.11. The normalized spacial score (nSPS) is 11.2. The molecule has 1 aromatic carbocycles. The van der Waals surface area contributed by atoms with Crippen LogP contribution in [0.5, 0.6) is 0 Å². The third kappa shape index (κ3) is 2.64. The van der Waals surface area contributed by atoms with E-state index in [1.54, 1.807) is 24.0 Å². The van der Waals surface area contributed by atoms with E-state index in [1.165, 1.54) is 16.8 Å². The van der Waals surface area contributed by atoms with Crippen LogP contribution in [0.2, 0.25) is 0 Å². The maximum atomic E-state index is 13.1. The Balaban J connectivity index is 1.78. The number of halogens is 1. The molecule has 5 nitrogen and oxygen atoms in total. The van der Waals surface area contributed by atoms with E-state index in [1.807, 2.05) is 13.0 Å². The van der Waals surface area contributed by atoms with E-state index in [0.717, 1.165) is 23.1 Å². The Bertz CT molecular complexity index is 881. The fraction of sp³-hybridized carbons (Fsp3) is 0.312. The lowest BCUT2D eigenvalue weighted by Crippen LogP contribution is -2.24. The number of aryl methyl sites for hydroxylation is 4. The Hall–Kier alpha value is -2.50. The van der Waals surface area contributed by atoms with Crippen LogP contribution < -0.4 is 5.56 Å². The van der Waals surface area contributed by atoms with Crippen molar-refractivity contribution in [3.8, 4) is 0 Å². The molecule has 0 amide bonds. The molecule has 0 N–H and O–H groups in total. The van der Waals surface area contributed by atoms with Crippen molar-refractivity contribution in [1.82, 2.24) is 19.6 Å². The molecule has 0 aliphatic rings. The second-order valence-corrected chi connectivity index (χ2v) is 5.38. The molecular formula is C16H17FN4O. The summed E-state index contributed by atoms with van der Waals surface area (Å²) in [7, 11) is 1.76. The van der Waals surface area contributed by atoms with Crippen molar-refractivity contribution in [3.63, 3.8) is 0 Å². The summed E-state index contributed by atoms with van der Waals surface area (Å²) in [6.07, 6.45) is 3.11. The Labute approximate surface area is 127 Å². The molecule has 2 aromatic heterocycles. The van der Waals surface area contributed by atoms with Gasteiger partial charge in [-0.25, -0.2) is 9.07 Å². The van der Waals surface area contributed by atoms with Gasteiger partial charge >= 0.3 is 0 Å². The van der Waals surface area contributed by atoms with Crippen LogP contribution in [0.25, 0.3) is 10.9 Å². The fourth-order valence-corrected chi connectivity index (χ4v) is 2.67. The molecule has 6 heteroatoms. The molecule has 0 saturated heterocycles. The maximum Gasteiger partial charge on any atom is 0.292 e. The fourth-order valence-electron chi connectivity index (χ4n) is 2.67. The second-order valence-electron chi connectivity index (χ2n) is 5.38. The molecule has 0 saturated carbocycles. The van der Waals surface area contributed by atoms with Crippen molar-refractivity contribution in [2.24, 2.45) is 7.05 Å². The first-order valence-corrected chi connectivity index (χ1v) is 7.20. The molecule has 0 aliphatic carbocycles. The van der Waals surface area contributed by atoms with E-state index >= 15 is 0 Å². The molecule has 0 spiro atoms. The number of rotatable bonds is 4. The SMILES string of the molecule is Cc1nn(C)c2c(=O)n(CCCc3cccc(F)c3)ncc12. The minimum Gasteiger partial charge on any atom is -0.265 e. The van der Waals surface area contributed by atoms with Crippen LogP contribution in [-0.2, 0) is 20.0 Å². The highest BCUT2D eigenvalue weighted by Crippen LogP contribution is 2.12. The molecular weight excluding hydrogens is 283 g/mol. The topological polar surface area (TPSA) is 52.7 Å². The van der Waals surface area contributed by atoms with Gasteiger partial charge in [0.1, 0.15) is 11.3 Å². The van der Waals surface area contributed by atoms with Gasteiger partial charge in [-0.3, -0.25) is 9.48 Å². The predicted molar refractivity (Wildman–Crippen MR) is 82.2 cm³/mol. The van der Waals surface area contributed by atoms with Crippen LogP contribution >= 0.6 is 0 Å². The zero-order chi connectivity index (χ0) is 15.7. The van der Waals surface area contributed by atoms with Crippen LogP contribution in [-0.4, -0.2) is 19.6 Å². The summed E-state index contributed by atoms with van der Waals surface area (Å²) in [6.45, 7) is 2.35. The van der Waals surface area contributed by atoms with Crippen LogP contribution in [0.3, 0.4) is 0 Å². The van der Waals surface area contributed by atoms with Crippen LogP contribution in [0.4, 0.5) is 4.39 Å². The summed E-state index contributed by atoms with van der Waals surface area (Å²) in [5.74, 6) is -0.237. The summed E-state index contributed by atoms with van der Waals surface area (Å²) in [5, 5.41) is 9.24. The molecule has 0 atom stereocenters. The molecule has 3 rings (SSSR count). The molecule has 114 valence electrons. The average molecular weight is 300 g/mol. The van der Waals surface area contributed by atoms with Gasteiger partial charge in [0, 0.05) is 19.0 Å². The smallest absolute Gasteiger partial charge is 0.265 e. The van der Waals surface area contributed by atoms with Gasteiger partial charge in [0.2, 0.25) is 0 Å². The second kappa shape index (κ2) is 5.71. The van der Waals surface area contributed by atoms with Gasteiger partial charge < -0.3 is 0 Å². The van der Waals surface area contributed by atoms with E-state index in [4.69, 9.17) is 0 Å². The van der Waals surface area contributed by atoms with Gasteiger partial charge in [0.15, 0.2) is 0 Å². The lowest BCUT2D eigenvalue weighted by atomic mass is 10.1. The highest BCUT2D eigenvalue weighted by molar-refractivity contribution is 5.79. The predicted octanol–water partition coefficient (Wildman–Crippen LogP) is 2.21. The quantitative estimate of drug-likeness (QED) is 0.742. The molecule has 0 fully saturated rings. The van der Waals surface area contributed by atoms with E-state index in [0.29, 0.717) is 18.5 Å². The number of hydrogen-bond acceptors (Lipinski definition) is 3. The minimum absolute atomic E-state index is 0.139. The number of benzene rings is 1. The van der Waals surface area contributed by atoms with Gasteiger partial charge in [-0.2, -0.15) is 10.2 Å². The third-order valence-electron chi connectivity index (χ3n) is 3.76. The number of aromatic nitrogens is 4. The molecule has 0 bridgehead atoms. The zero-order valence-corrected chi connectivity index (χ0v) is 12.6. The van der Waals surface area contributed by atoms with E-state index < -0.39 is 0 Å². The Morgan fingerprint density at radius 2 is 2.14 bits per heavy atom. The molecule has 0 aliphatic heterocycles. The summed E-state index contributed by atoms with van der Waals surface area (Å²) < 4.78 is 16.2. The van der Waals surface area contributed by atoms with Gasteiger partial charge in [0.05, 0.1) is 11.9 Å². The van der Waals surface area contributed by atoms with Crippen molar-refractivity contribution in [1.29, 1.82) is 0 Å². The summed E-state index contributed by atoms with van der Waals surface area (Å²) in [5.41, 5.74) is 2.15. The Kier molecular flexibility index (Phi) is 3.75. The van der Waals surface area contributed by atoms with Gasteiger partial charge in [0.25, 0.3) is 5.56 Å². The monoisotopic (exact) mass is 300 g/mol. The van der Waals surface area contributed by atoms with Crippen molar-refractivity contribution >= 4 is 10.9 Å². The first-order chi connectivity index (χ1) is 10.6. The van der Waals surface area contributed by atoms with Gasteiger partial charge in [-0.05, 0) is 37.5 Å². The Morgan fingerprint density at radius 1 is 1.32 bits per heavy atom. The molecule has 3 aromatic rings.